The Morgan fingerprint density at radius 1 is 1.00 bits per heavy atom. The van der Waals surface area contributed by atoms with Gasteiger partial charge in [-0.05, 0) is 42.0 Å². The van der Waals surface area contributed by atoms with Crippen molar-refractivity contribution >= 4 is 34.8 Å². The number of carbonyl (C=O) groups excluding carboxylic acids is 1. The molecule has 0 radical (unpaired) electrons. The Morgan fingerprint density at radius 3 is 2.52 bits per heavy atom. The molecule has 4 rings (SSSR count). The Morgan fingerprint density at radius 2 is 1.76 bits per heavy atom. The third-order valence-electron chi connectivity index (χ3n) is 4.74. The van der Waals surface area contributed by atoms with E-state index >= 15 is 0 Å². The van der Waals surface area contributed by atoms with E-state index in [9.17, 15) is 4.79 Å². The lowest BCUT2D eigenvalue weighted by Crippen LogP contribution is -2.52. The first-order chi connectivity index (χ1) is 12.1. The number of halogens is 2. The van der Waals surface area contributed by atoms with Gasteiger partial charge in [0.05, 0.1) is 0 Å². The molecule has 1 fully saturated rings. The van der Waals surface area contributed by atoms with Crippen LogP contribution in [0.5, 0.6) is 5.75 Å². The van der Waals surface area contributed by atoms with Crippen molar-refractivity contribution in [3.8, 4) is 5.75 Å². The number of ether oxygens (including phenoxy) is 1. The lowest BCUT2D eigenvalue weighted by Gasteiger charge is -2.37. The van der Waals surface area contributed by atoms with Crippen molar-refractivity contribution in [2.75, 3.05) is 31.1 Å². The zero-order valence-electron chi connectivity index (χ0n) is 13.6. The molecule has 2 aliphatic rings. The normalized spacial score (nSPS) is 19.5. The number of piperazine rings is 1. The van der Waals surface area contributed by atoms with Crippen LogP contribution in [0.15, 0.2) is 42.5 Å². The number of nitrogens with zero attached hydrogens (tertiary/aromatic N) is 2. The summed E-state index contributed by atoms with van der Waals surface area (Å²) in [6, 6.07) is 13.3. The van der Waals surface area contributed by atoms with Crippen LogP contribution in [0.1, 0.15) is 5.56 Å². The third kappa shape index (κ3) is 3.42. The van der Waals surface area contributed by atoms with Crippen LogP contribution >= 0.6 is 23.2 Å². The van der Waals surface area contributed by atoms with Gasteiger partial charge >= 0.3 is 0 Å². The Hall–Kier alpha value is -1.91. The van der Waals surface area contributed by atoms with E-state index in [1.54, 1.807) is 6.07 Å². The summed E-state index contributed by atoms with van der Waals surface area (Å²) in [5, 5.41) is 1.40. The van der Waals surface area contributed by atoms with Gasteiger partial charge in [-0.1, -0.05) is 29.3 Å². The largest absolute Gasteiger partial charge is 0.480 e. The summed E-state index contributed by atoms with van der Waals surface area (Å²) in [7, 11) is 0. The number of hydrogen-bond donors (Lipinski definition) is 0. The Labute approximate surface area is 156 Å². The molecule has 25 heavy (non-hydrogen) atoms. The van der Waals surface area contributed by atoms with Gasteiger partial charge in [0.2, 0.25) is 0 Å². The molecule has 0 aliphatic carbocycles. The van der Waals surface area contributed by atoms with Gasteiger partial charge in [0.15, 0.2) is 6.10 Å². The summed E-state index contributed by atoms with van der Waals surface area (Å²) in [5.74, 6) is 0.818. The number of fused-ring (bicyclic) bond motifs is 1. The van der Waals surface area contributed by atoms with Gasteiger partial charge in [-0.15, -0.1) is 0 Å². The second kappa shape index (κ2) is 6.77. The molecule has 130 valence electrons. The molecule has 0 unspecified atom stereocenters. The molecule has 4 nitrogen and oxygen atoms in total. The van der Waals surface area contributed by atoms with Gasteiger partial charge in [-0.2, -0.15) is 0 Å². The van der Waals surface area contributed by atoms with Gasteiger partial charge in [0.1, 0.15) is 5.75 Å². The van der Waals surface area contributed by atoms with Crippen LogP contribution in [-0.4, -0.2) is 43.1 Å². The van der Waals surface area contributed by atoms with E-state index in [1.165, 1.54) is 0 Å². The number of carbonyl (C=O) groups is 1. The maximum absolute atomic E-state index is 12.8. The minimum Gasteiger partial charge on any atom is -0.480 e. The van der Waals surface area contributed by atoms with Crippen molar-refractivity contribution in [2.24, 2.45) is 0 Å². The summed E-state index contributed by atoms with van der Waals surface area (Å²) >= 11 is 12.1. The van der Waals surface area contributed by atoms with Gasteiger partial charge in [-0.3, -0.25) is 4.79 Å². The molecule has 1 atom stereocenters. The lowest BCUT2D eigenvalue weighted by atomic mass is 10.1. The van der Waals surface area contributed by atoms with Crippen molar-refractivity contribution in [2.45, 2.75) is 12.5 Å². The average Bonchev–Trinajstić information content (AvgIpc) is 3.04. The summed E-state index contributed by atoms with van der Waals surface area (Å²) in [6.45, 7) is 2.94. The van der Waals surface area contributed by atoms with Crippen molar-refractivity contribution < 1.29 is 9.53 Å². The highest BCUT2D eigenvalue weighted by molar-refractivity contribution is 6.31. The van der Waals surface area contributed by atoms with E-state index in [0.29, 0.717) is 24.5 Å². The molecule has 1 saturated heterocycles. The highest BCUT2D eigenvalue weighted by Crippen LogP contribution is 2.32. The topological polar surface area (TPSA) is 32.8 Å². The molecule has 0 spiro atoms. The number of hydrogen-bond acceptors (Lipinski definition) is 3. The smallest absolute Gasteiger partial charge is 0.264 e. The summed E-state index contributed by atoms with van der Waals surface area (Å²) in [6.07, 6.45) is 0.148. The molecular weight excluding hydrogens is 359 g/mol. The Kier molecular flexibility index (Phi) is 4.48. The molecule has 1 amide bonds. The number of amides is 1. The Bertz CT molecular complexity index is 804. The lowest BCUT2D eigenvalue weighted by molar-refractivity contribution is -0.138. The van der Waals surface area contributed by atoms with Gasteiger partial charge in [0.25, 0.3) is 5.91 Å². The first-order valence-electron chi connectivity index (χ1n) is 8.34. The molecule has 2 aliphatic heterocycles. The van der Waals surface area contributed by atoms with Crippen molar-refractivity contribution in [1.82, 2.24) is 4.90 Å². The molecule has 0 N–H and O–H groups in total. The minimum atomic E-state index is -0.439. The van der Waals surface area contributed by atoms with E-state index in [1.807, 2.05) is 41.3 Å². The molecule has 2 aromatic carbocycles. The standard InChI is InChI=1S/C19H18Cl2N2O2/c20-14-2-1-3-16(12-14)22-6-8-23(9-7-22)19(24)18-11-13-10-15(21)4-5-17(13)25-18/h1-5,10,12,18H,6-9,11H2/t18-/m0/s1. The van der Waals surface area contributed by atoms with Gasteiger partial charge < -0.3 is 14.5 Å². The quantitative estimate of drug-likeness (QED) is 0.801. The molecule has 2 heterocycles. The fraction of sp³-hybridized carbons (Fsp3) is 0.316. The zero-order chi connectivity index (χ0) is 17.4. The summed E-state index contributed by atoms with van der Waals surface area (Å²) in [4.78, 5) is 16.9. The van der Waals surface area contributed by atoms with E-state index in [-0.39, 0.29) is 5.91 Å². The van der Waals surface area contributed by atoms with Crippen LogP contribution in [-0.2, 0) is 11.2 Å². The monoisotopic (exact) mass is 376 g/mol. The fourth-order valence-corrected chi connectivity index (χ4v) is 3.80. The van der Waals surface area contributed by atoms with Gasteiger partial charge in [-0.25, -0.2) is 0 Å². The predicted octanol–water partition coefficient (Wildman–Crippen LogP) is 3.65. The predicted molar refractivity (Wildman–Crippen MR) is 99.8 cm³/mol. The number of benzene rings is 2. The van der Waals surface area contributed by atoms with Crippen LogP contribution in [0, 0.1) is 0 Å². The minimum absolute atomic E-state index is 0.0538. The molecule has 0 saturated carbocycles. The second-order valence-corrected chi connectivity index (χ2v) is 7.23. The second-order valence-electron chi connectivity index (χ2n) is 6.35. The van der Waals surface area contributed by atoms with Gasteiger partial charge in [0, 0.05) is 48.3 Å². The molecule has 6 heteroatoms. The van der Waals surface area contributed by atoms with E-state index in [0.717, 1.165) is 35.1 Å². The maximum atomic E-state index is 12.8. The zero-order valence-corrected chi connectivity index (χ0v) is 15.1. The average molecular weight is 377 g/mol. The molecular formula is C19H18Cl2N2O2. The molecule has 2 aromatic rings. The van der Waals surface area contributed by atoms with E-state index in [2.05, 4.69) is 4.90 Å². The number of rotatable bonds is 2. The SMILES string of the molecule is O=C([C@@H]1Cc2cc(Cl)ccc2O1)N1CCN(c2cccc(Cl)c2)CC1. The highest BCUT2D eigenvalue weighted by Gasteiger charge is 2.33. The van der Waals surface area contributed by atoms with Crippen LogP contribution in [0.4, 0.5) is 5.69 Å². The van der Waals surface area contributed by atoms with Crippen molar-refractivity contribution in [3.63, 3.8) is 0 Å². The summed E-state index contributed by atoms with van der Waals surface area (Å²) < 4.78 is 5.82. The van der Waals surface area contributed by atoms with Crippen LogP contribution in [0.3, 0.4) is 0 Å². The maximum Gasteiger partial charge on any atom is 0.264 e. The third-order valence-corrected chi connectivity index (χ3v) is 5.21. The van der Waals surface area contributed by atoms with Crippen LogP contribution in [0.2, 0.25) is 10.0 Å². The molecule has 0 aromatic heterocycles. The number of anilines is 1. The van der Waals surface area contributed by atoms with Crippen molar-refractivity contribution in [1.29, 1.82) is 0 Å². The highest BCUT2D eigenvalue weighted by atomic mass is 35.5. The van der Waals surface area contributed by atoms with Crippen LogP contribution < -0.4 is 9.64 Å². The fourth-order valence-electron chi connectivity index (χ4n) is 3.42. The molecule has 0 bridgehead atoms. The van der Waals surface area contributed by atoms with Crippen LogP contribution in [0.25, 0.3) is 0 Å². The summed E-state index contributed by atoms with van der Waals surface area (Å²) in [5.41, 5.74) is 2.10. The first kappa shape index (κ1) is 16.6. The van der Waals surface area contributed by atoms with E-state index < -0.39 is 6.10 Å². The Balaban J connectivity index is 1.37. The van der Waals surface area contributed by atoms with E-state index in [4.69, 9.17) is 27.9 Å². The first-order valence-corrected chi connectivity index (χ1v) is 9.10. The van der Waals surface area contributed by atoms with Crippen molar-refractivity contribution in [3.05, 3.63) is 58.1 Å².